The van der Waals surface area contributed by atoms with Gasteiger partial charge in [-0.25, -0.2) is 0 Å². The minimum absolute atomic E-state index is 0.116. The molecule has 0 aromatic heterocycles. The third kappa shape index (κ3) is 6.25. The molecule has 34 heavy (non-hydrogen) atoms. The van der Waals surface area contributed by atoms with E-state index in [1.54, 1.807) is 0 Å². The van der Waals surface area contributed by atoms with Crippen LogP contribution in [-0.2, 0) is 13.1 Å². The normalized spacial score (nSPS) is 10.9. The highest BCUT2D eigenvalue weighted by Gasteiger charge is 2.20. The summed E-state index contributed by atoms with van der Waals surface area (Å²) in [5, 5.41) is 15.1. The Hall–Kier alpha value is -3.60. The average molecular weight is 458 g/mol. The molecule has 0 bridgehead atoms. The number of carbonyl (C=O) groups excluding carboxylic acids is 2. The molecule has 178 valence electrons. The van der Waals surface area contributed by atoms with Crippen molar-refractivity contribution >= 4 is 12.0 Å². The Balaban J connectivity index is 2.00. The largest absolute Gasteiger partial charge is 0.530 e. The second kappa shape index (κ2) is 11.5. The molecule has 0 unspecified atom stereocenters. The summed E-state index contributed by atoms with van der Waals surface area (Å²) in [6.07, 6.45) is -0.324. The quantitative estimate of drug-likeness (QED) is 0.486. The van der Waals surface area contributed by atoms with Crippen molar-refractivity contribution in [2.75, 3.05) is 6.54 Å². The van der Waals surface area contributed by atoms with Crippen LogP contribution in [-0.4, -0.2) is 23.4 Å². The molecule has 0 fully saturated rings. The second-order valence-electron chi connectivity index (χ2n) is 9.15. The van der Waals surface area contributed by atoms with Crippen LogP contribution in [0.25, 0.3) is 11.1 Å². The van der Waals surface area contributed by atoms with E-state index in [9.17, 15) is 14.7 Å². The molecule has 3 rings (SSSR count). The first-order valence-electron chi connectivity index (χ1n) is 11.7. The summed E-state index contributed by atoms with van der Waals surface area (Å²) in [4.78, 5) is 26.4. The van der Waals surface area contributed by atoms with Crippen LogP contribution in [0.15, 0.2) is 66.7 Å². The van der Waals surface area contributed by atoms with Crippen molar-refractivity contribution in [1.29, 1.82) is 0 Å². The van der Waals surface area contributed by atoms with Crippen LogP contribution in [0, 0.1) is 19.8 Å². The molecule has 0 heterocycles. The van der Waals surface area contributed by atoms with E-state index in [0.29, 0.717) is 18.0 Å². The first kappa shape index (κ1) is 25.0. The van der Waals surface area contributed by atoms with Gasteiger partial charge in [0.1, 0.15) is 6.09 Å². The number of aryl methyl sites for hydroxylation is 2. The van der Waals surface area contributed by atoms with Crippen LogP contribution >= 0.6 is 0 Å². The molecule has 0 saturated carbocycles. The van der Waals surface area contributed by atoms with E-state index >= 15 is 0 Å². The molecule has 0 saturated heterocycles. The number of nitrogens with one attached hydrogen (secondary N) is 1. The molecule has 1 N–H and O–H groups in total. The van der Waals surface area contributed by atoms with Gasteiger partial charge in [0.05, 0.1) is 0 Å². The van der Waals surface area contributed by atoms with E-state index < -0.39 is 6.09 Å². The first-order chi connectivity index (χ1) is 16.3. The lowest BCUT2D eigenvalue weighted by molar-refractivity contribution is -0.267. The van der Waals surface area contributed by atoms with Gasteiger partial charge in [0, 0.05) is 25.2 Å². The van der Waals surface area contributed by atoms with Crippen LogP contribution in [0.5, 0.6) is 0 Å². The minimum Gasteiger partial charge on any atom is -0.530 e. The van der Waals surface area contributed by atoms with Gasteiger partial charge in [0.15, 0.2) is 0 Å². The van der Waals surface area contributed by atoms with Gasteiger partial charge in [-0.15, -0.1) is 0 Å². The van der Waals surface area contributed by atoms with E-state index in [1.165, 1.54) is 4.90 Å². The average Bonchev–Trinajstić information content (AvgIpc) is 2.79. The Labute approximate surface area is 202 Å². The van der Waals surface area contributed by atoms with Crippen molar-refractivity contribution in [2.45, 2.75) is 47.2 Å². The van der Waals surface area contributed by atoms with E-state index in [4.69, 9.17) is 0 Å². The molecular formula is C29H33N2O3-. The number of nitrogens with zero attached hydrogens (tertiary/aromatic N) is 1. The molecule has 0 aliphatic heterocycles. The summed E-state index contributed by atoms with van der Waals surface area (Å²) in [7, 11) is 0. The lowest BCUT2D eigenvalue weighted by Gasteiger charge is -2.27. The van der Waals surface area contributed by atoms with Gasteiger partial charge in [-0.05, 0) is 65.6 Å². The van der Waals surface area contributed by atoms with E-state index in [-0.39, 0.29) is 19.0 Å². The van der Waals surface area contributed by atoms with Gasteiger partial charge in [-0.1, -0.05) is 74.5 Å². The molecule has 0 radical (unpaired) electrons. The number of rotatable bonds is 9. The highest BCUT2D eigenvalue weighted by Crippen LogP contribution is 2.34. The standard InChI is InChI=1S/C29H34N2O3/c1-20(2)16-17-30-28(32)25-15-9-11-22(4)27(25)26-21(3)10-8-14-24(26)19-31(29(33)34)18-23-12-6-5-7-13-23/h5-15,20H,16-19H2,1-4H3,(H,30,32)(H,33,34)/p-1. The summed E-state index contributed by atoms with van der Waals surface area (Å²) in [5.74, 6) is 0.384. The topological polar surface area (TPSA) is 72.5 Å². The van der Waals surface area contributed by atoms with Gasteiger partial charge >= 0.3 is 0 Å². The molecule has 3 aromatic carbocycles. The van der Waals surface area contributed by atoms with E-state index in [0.717, 1.165) is 39.8 Å². The van der Waals surface area contributed by atoms with Gasteiger partial charge in [0.25, 0.3) is 5.91 Å². The van der Waals surface area contributed by atoms with Crippen molar-refractivity contribution in [3.05, 3.63) is 94.5 Å². The van der Waals surface area contributed by atoms with Crippen LogP contribution in [0.4, 0.5) is 4.79 Å². The number of amides is 2. The predicted molar refractivity (Wildman–Crippen MR) is 134 cm³/mol. The monoisotopic (exact) mass is 457 g/mol. The number of carbonyl (C=O) groups is 2. The smallest absolute Gasteiger partial charge is 0.251 e. The van der Waals surface area contributed by atoms with Crippen molar-refractivity contribution in [3.63, 3.8) is 0 Å². The molecule has 0 aliphatic rings. The van der Waals surface area contributed by atoms with Crippen LogP contribution < -0.4 is 10.4 Å². The SMILES string of the molecule is Cc1cccc(CN(Cc2ccccc2)C(=O)[O-])c1-c1c(C)cccc1C(=O)NCCC(C)C. The van der Waals surface area contributed by atoms with Crippen molar-refractivity contribution in [3.8, 4) is 11.1 Å². The van der Waals surface area contributed by atoms with E-state index in [1.807, 2.05) is 80.6 Å². The summed E-state index contributed by atoms with van der Waals surface area (Å²) in [5.41, 5.74) is 6.02. The fourth-order valence-corrected chi connectivity index (χ4v) is 4.17. The zero-order valence-corrected chi connectivity index (χ0v) is 20.4. The Morgan fingerprint density at radius 1 is 0.853 bits per heavy atom. The number of hydrogen-bond acceptors (Lipinski definition) is 3. The van der Waals surface area contributed by atoms with Crippen molar-refractivity contribution in [2.24, 2.45) is 5.92 Å². The Morgan fingerprint density at radius 3 is 2.15 bits per heavy atom. The zero-order valence-electron chi connectivity index (χ0n) is 20.4. The van der Waals surface area contributed by atoms with Crippen molar-refractivity contribution in [1.82, 2.24) is 10.2 Å². The number of benzene rings is 3. The molecule has 3 aromatic rings. The summed E-state index contributed by atoms with van der Waals surface area (Å²) < 4.78 is 0. The summed E-state index contributed by atoms with van der Waals surface area (Å²) >= 11 is 0. The zero-order chi connectivity index (χ0) is 24.7. The Bertz CT molecular complexity index is 1140. The molecule has 5 nitrogen and oxygen atoms in total. The summed E-state index contributed by atoms with van der Waals surface area (Å²) in [6.45, 7) is 9.23. The van der Waals surface area contributed by atoms with Crippen LogP contribution in [0.3, 0.4) is 0 Å². The molecular weight excluding hydrogens is 424 g/mol. The molecule has 5 heteroatoms. The molecule has 0 aliphatic carbocycles. The molecule has 2 amide bonds. The highest BCUT2D eigenvalue weighted by molar-refractivity contribution is 6.02. The summed E-state index contributed by atoms with van der Waals surface area (Å²) in [6, 6.07) is 21.0. The van der Waals surface area contributed by atoms with Crippen LogP contribution in [0.1, 0.15) is 52.9 Å². The Kier molecular flexibility index (Phi) is 8.47. The second-order valence-corrected chi connectivity index (χ2v) is 9.15. The third-order valence-electron chi connectivity index (χ3n) is 5.97. The van der Waals surface area contributed by atoms with E-state index in [2.05, 4.69) is 19.2 Å². The lowest BCUT2D eigenvalue weighted by atomic mass is 9.88. The van der Waals surface area contributed by atoms with Gasteiger partial charge in [0.2, 0.25) is 0 Å². The number of hydrogen-bond donors (Lipinski definition) is 1. The number of carboxylic acid groups (broad SMARTS) is 1. The maximum atomic E-state index is 13.1. The fourth-order valence-electron chi connectivity index (χ4n) is 4.17. The maximum Gasteiger partial charge on any atom is 0.251 e. The first-order valence-corrected chi connectivity index (χ1v) is 11.7. The van der Waals surface area contributed by atoms with Crippen LogP contribution in [0.2, 0.25) is 0 Å². The third-order valence-corrected chi connectivity index (χ3v) is 5.97. The maximum absolute atomic E-state index is 13.1. The van der Waals surface area contributed by atoms with Gasteiger partial charge in [-0.3, -0.25) is 4.79 Å². The lowest BCUT2D eigenvalue weighted by Crippen LogP contribution is -2.40. The fraction of sp³-hybridized carbons (Fsp3) is 0.310. The molecule has 0 atom stereocenters. The van der Waals surface area contributed by atoms with Gasteiger partial charge in [-0.2, -0.15) is 0 Å². The highest BCUT2D eigenvalue weighted by atomic mass is 16.4. The predicted octanol–water partition coefficient (Wildman–Crippen LogP) is 5.09. The van der Waals surface area contributed by atoms with Crippen molar-refractivity contribution < 1.29 is 14.7 Å². The Morgan fingerprint density at radius 2 is 1.50 bits per heavy atom. The minimum atomic E-state index is -1.23. The van der Waals surface area contributed by atoms with Gasteiger partial charge < -0.3 is 20.1 Å². The molecule has 0 spiro atoms.